The fraction of sp³-hybridized carbons (Fsp3) is 0.429. The third-order valence-corrected chi connectivity index (χ3v) is 4.62. The zero-order valence-electron chi connectivity index (χ0n) is 11.2. The van der Waals surface area contributed by atoms with Crippen LogP contribution in [0.2, 0.25) is 5.02 Å². The first-order valence-corrected chi connectivity index (χ1v) is 8.64. The minimum Gasteiger partial charge on any atom is -0.317 e. The van der Waals surface area contributed by atoms with E-state index >= 15 is 0 Å². The lowest BCUT2D eigenvalue weighted by atomic mass is 10.1. The molecule has 1 aromatic carbocycles. The molecule has 6 heteroatoms. The van der Waals surface area contributed by atoms with Crippen LogP contribution in [0.4, 0.5) is 0 Å². The number of benzene rings is 1. The molecule has 0 amide bonds. The highest BCUT2D eigenvalue weighted by Crippen LogP contribution is 2.12. The minimum atomic E-state index is -3.40. The fourth-order valence-corrected chi connectivity index (χ4v) is 3.39. The van der Waals surface area contributed by atoms with Gasteiger partial charge in [-0.2, -0.15) is 0 Å². The molecule has 1 fully saturated rings. The Bertz CT molecular complexity index is 547. The second kappa shape index (κ2) is 7.22. The molecule has 20 heavy (non-hydrogen) atoms. The third-order valence-electron chi connectivity index (χ3n) is 3.22. The van der Waals surface area contributed by atoms with Crippen LogP contribution in [-0.4, -0.2) is 27.5 Å². The van der Waals surface area contributed by atoms with Crippen LogP contribution in [0.5, 0.6) is 0 Å². The Morgan fingerprint density at radius 3 is 2.70 bits per heavy atom. The molecule has 1 aromatic rings. The molecule has 1 aliphatic rings. The van der Waals surface area contributed by atoms with Gasteiger partial charge < -0.3 is 5.32 Å². The van der Waals surface area contributed by atoms with Crippen LogP contribution in [0.15, 0.2) is 29.7 Å². The molecule has 2 N–H and O–H groups in total. The number of halogens is 1. The summed E-state index contributed by atoms with van der Waals surface area (Å²) in [6, 6.07) is 7.05. The first-order valence-electron chi connectivity index (χ1n) is 6.72. The van der Waals surface area contributed by atoms with Gasteiger partial charge in [-0.3, -0.25) is 0 Å². The van der Waals surface area contributed by atoms with Gasteiger partial charge in [0.05, 0.1) is 0 Å². The normalized spacial score (nSPS) is 20.9. The molecule has 4 nitrogen and oxygen atoms in total. The van der Waals surface area contributed by atoms with Gasteiger partial charge in [0, 0.05) is 16.5 Å². The third kappa shape index (κ3) is 5.25. The Kier molecular flexibility index (Phi) is 5.60. The van der Waals surface area contributed by atoms with Crippen molar-refractivity contribution in [1.29, 1.82) is 0 Å². The number of nitrogens with one attached hydrogen (secondary N) is 2. The molecule has 0 bridgehead atoms. The van der Waals surface area contributed by atoms with Gasteiger partial charge in [-0.05, 0) is 56.1 Å². The lowest BCUT2D eigenvalue weighted by Gasteiger charge is -2.14. The molecule has 1 unspecified atom stereocenters. The molecule has 1 saturated heterocycles. The number of sulfonamides is 1. The van der Waals surface area contributed by atoms with Crippen LogP contribution in [0.25, 0.3) is 6.08 Å². The van der Waals surface area contributed by atoms with Crippen LogP contribution in [0, 0.1) is 0 Å². The monoisotopic (exact) mass is 314 g/mol. The van der Waals surface area contributed by atoms with Crippen molar-refractivity contribution < 1.29 is 8.42 Å². The van der Waals surface area contributed by atoms with Gasteiger partial charge in [-0.15, -0.1) is 0 Å². The Morgan fingerprint density at radius 2 is 1.95 bits per heavy atom. The molecule has 0 spiro atoms. The second-order valence-electron chi connectivity index (χ2n) is 4.89. The standard InChI is InChI=1S/C14H19ClN2O2S/c15-13-5-3-12(4-6-13)8-11-20(18,19)17-14-2-1-9-16-10-7-14/h3-6,8,11,14,16-17H,1-2,7,9-10H2/b11-8+. The average molecular weight is 315 g/mol. The highest BCUT2D eigenvalue weighted by Gasteiger charge is 2.16. The van der Waals surface area contributed by atoms with E-state index in [1.165, 1.54) is 5.41 Å². The minimum absolute atomic E-state index is 0.0184. The summed E-state index contributed by atoms with van der Waals surface area (Å²) >= 11 is 5.79. The van der Waals surface area contributed by atoms with Crippen LogP contribution < -0.4 is 10.0 Å². The van der Waals surface area contributed by atoms with Crippen LogP contribution >= 0.6 is 11.6 Å². The topological polar surface area (TPSA) is 58.2 Å². The zero-order valence-corrected chi connectivity index (χ0v) is 12.8. The predicted molar refractivity (Wildman–Crippen MR) is 83.1 cm³/mol. The van der Waals surface area contributed by atoms with Gasteiger partial charge in [0.1, 0.15) is 0 Å². The summed E-state index contributed by atoms with van der Waals surface area (Å²) < 4.78 is 26.7. The quantitative estimate of drug-likeness (QED) is 0.897. The van der Waals surface area contributed by atoms with E-state index in [4.69, 9.17) is 11.6 Å². The van der Waals surface area contributed by atoms with E-state index in [9.17, 15) is 8.42 Å². The maximum atomic E-state index is 12.0. The summed E-state index contributed by atoms with van der Waals surface area (Å²) in [7, 11) is -3.40. The van der Waals surface area contributed by atoms with E-state index in [1.807, 2.05) is 0 Å². The Morgan fingerprint density at radius 1 is 1.20 bits per heavy atom. The van der Waals surface area contributed by atoms with Crippen molar-refractivity contribution in [1.82, 2.24) is 10.0 Å². The molecule has 0 radical (unpaired) electrons. The molecule has 110 valence electrons. The lowest BCUT2D eigenvalue weighted by molar-refractivity contribution is 0.524. The Labute approximate surface area is 125 Å². The van der Waals surface area contributed by atoms with Gasteiger partial charge in [0.25, 0.3) is 0 Å². The molecule has 1 heterocycles. The number of hydrogen-bond donors (Lipinski definition) is 2. The van der Waals surface area contributed by atoms with Crippen molar-refractivity contribution >= 4 is 27.7 Å². The Balaban J connectivity index is 1.97. The maximum absolute atomic E-state index is 12.0. The Hall–Kier alpha value is -0.880. The van der Waals surface area contributed by atoms with Gasteiger partial charge in [0.15, 0.2) is 0 Å². The molecule has 1 aliphatic heterocycles. The fourth-order valence-electron chi connectivity index (χ4n) is 2.15. The predicted octanol–water partition coefficient (Wildman–Crippen LogP) is 2.37. The summed E-state index contributed by atoms with van der Waals surface area (Å²) in [5, 5.41) is 5.11. The summed E-state index contributed by atoms with van der Waals surface area (Å²) in [6.45, 7) is 1.81. The smallest absolute Gasteiger partial charge is 0.233 e. The van der Waals surface area contributed by atoms with Crippen molar-refractivity contribution in [2.45, 2.75) is 25.3 Å². The van der Waals surface area contributed by atoms with Gasteiger partial charge in [0.2, 0.25) is 10.0 Å². The largest absolute Gasteiger partial charge is 0.317 e. The van der Waals surface area contributed by atoms with Crippen LogP contribution in [0.1, 0.15) is 24.8 Å². The van der Waals surface area contributed by atoms with E-state index in [-0.39, 0.29) is 6.04 Å². The molecule has 0 aliphatic carbocycles. The molecule has 1 atom stereocenters. The van der Waals surface area contributed by atoms with E-state index in [1.54, 1.807) is 30.3 Å². The van der Waals surface area contributed by atoms with E-state index in [0.29, 0.717) is 5.02 Å². The van der Waals surface area contributed by atoms with E-state index < -0.39 is 10.0 Å². The number of rotatable bonds is 4. The molecular formula is C14H19ClN2O2S. The van der Waals surface area contributed by atoms with Crippen molar-refractivity contribution in [3.63, 3.8) is 0 Å². The summed E-state index contributed by atoms with van der Waals surface area (Å²) in [6.07, 6.45) is 4.27. The maximum Gasteiger partial charge on any atom is 0.233 e. The average Bonchev–Trinajstić information content (AvgIpc) is 2.66. The van der Waals surface area contributed by atoms with Crippen molar-refractivity contribution in [3.8, 4) is 0 Å². The summed E-state index contributed by atoms with van der Waals surface area (Å²) in [4.78, 5) is 0. The lowest BCUT2D eigenvalue weighted by Crippen LogP contribution is -2.34. The first kappa shape index (κ1) is 15.5. The van der Waals surface area contributed by atoms with E-state index in [0.717, 1.165) is 37.9 Å². The van der Waals surface area contributed by atoms with E-state index in [2.05, 4.69) is 10.0 Å². The number of hydrogen-bond acceptors (Lipinski definition) is 3. The van der Waals surface area contributed by atoms with Crippen LogP contribution in [-0.2, 0) is 10.0 Å². The van der Waals surface area contributed by atoms with Crippen LogP contribution in [0.3, 0.4) is 0 Å². The summed E-state index contributed by atoms with van der Waals surface area (Å²) in [5.41, 5.74) is 0.808. The molecular weight excluding hydrogens is 296 g/mol. The molecule has 2 rings (SSSR count). The van der Waals surface area contributed by atoms with Crippen molar-refractivity contribution in [2.24, 2.45) is 0 Å². The summed E-state index contributed by atoms with van der Waals surface area (Å²) in [5.74, 6) is 0. The highest BCUT2D eigenvalue weighted by atomic mass is 35.5. The SMILES string of the molecule is O=S(=O)(/C=C/c1ccc(Cl)cc1)NC1CCCNCC1. The zero-order chi connectivity index (χ0) is 14.4. The van der Waals surface area contributed by atoms with Gasteiger partial charge in [-0.1, -0.05) is 23.7 Å². The highest BCUT2D eigenvalue weighted by molar-refractivity contribution is 7.92. The van der Waals surface area contributed by atoms with Gasteiger partial charge in [-0.25, -0.2) is 13.1 Å². The second-order valence-corrected chi connectivity index (χ2v) is 6.93. The van der Waals surface area contributed by atoms with Crippen molar-refractivity contribution in [3.05, 3.63) is 40.3 Å². The molecule has 0 aromatic heterocycles. The first-order chi connectivity index (χ1) is 9.55. The van der Waals surface area contributed by atoms with Gasteiger partial charge >= 0.3 is 0 Å². The van der Waals surface area contributed by atoms with Crippen molar-refractivity contribution in [2.75, 3.05) is 13.1 Å². The molecule has 0 saturated carbocycles.